The Bertz CT molecular complexity index is 478. The Labute approximate surface area is 110 Å². The Morgan fingerprint density at radius 2 is 1.94 bits per heavy atom. The highest BCUT2D eigenvalue weighted by atomic mass is 32.2. The van der Waals surface area contributed by atoms with Crippen LogP contribution in [-0.2, 0) is 14.3 Å². The molecule has 18 heavy (non-hydrogen) atoms. The summed E-state index contributed by atoms with van der Waals surface area (Å²) < 4.78 is 29.5. The van der Waals surface area contributed by atoms with Crippen molar-refractivity contribution in [2.24, 2.45) is 5.92 Å². The molecule has 102 valence electrons. The van der Waals surface area contributed by atoms with Gasteiger partial charge in [-0.05, 0) is 43.4 Å². The minimum atomic E-state index is -3.64. The van der Waals surface area contributed by atoms with Crippen LogP contribution in [0.1, 0.15) is 39.2 Å². The fourth-order valence-corrected chi connectivity index (χ4v) is 3.06. The Morgan fingerprint density at radius 1 is 1.28 bits per heavy atom. The fraction of sp³-hybridized carbons (Fsp3) is 0.571. The van der Waals surface area contributed by atoms with Gasteiger partial charge in [0.15, 0.2) is 0 Å². The van der Waals surface area contributed by atoms with Crippen LogP contribution >= 0.6 is 0 Å². The molecule has 0 saturated heterocycles. The van der Waals surface area contributed by atoms with E-state index >= 15 is 0 Å². The molecule has 0 saturated carbocycles. The second kappa shape index (κ2) is 6.34. The zero-order valence-electron chi connectivity index (χ0n) is 11.5. The quantitative estimate of drug-likeness (QED) is 0.743. The van der Waals surface area contributed by atoms with Crippen molar-refractivity contribution in [1.29, 1.82) is 0 Å². The Morgan fingerprint density at radius 3 is 2.44 bits per heavy atom. The van der Waals surface area contributed by atoms with Crippen LogP contribution < -0.4 is 0 Å². The van der Waals surface area contributed by atoms with E-state index in [2.05, 4.69) is 13.8 Å². The molecular weight excluding hydrogens is 248 g/mol. The summed E-state index contributed by atoms with van der Waals surface area (Å²) in [5.74, 6) is 0.419. The van der Waals surface area contributed by atoms with Crippen LogP contribution in [0.25, 0.3) is 0 Å². The van der Waals surface area contributed by atoms with Gasteiger partial charge in [0.1, 0.15) is 0 Å². The van der Waals surface area contributed by atoms with E-state index in [1.165, 1.54) is 0 Å². The number of hydrogen-bond acceptors (Lipinski definition) is 3. The highest BCUT2D eigenvalue weighted by Crippen LogP contribution is 2.20. The molecule has 0 bridgehead atoms. The van der Waals surface area contributed by atoms with Gasteiger partial charge in [-0.25, -0.2) is 0 Å². The topological polar surface area (TPSA) is 43.4 Å². The summed E-state index contributed by atoms with van der Waals surface area (Å²) >= 11 is 0. The van der Waals surface area contributed by atoms with Gasteiger partial charge in [-0.15, -0.1) is 0 Å². The number of hydrogen-bond donors (Lipinski definition) is 0. The molecule has 0 heterocycles. The minimum absolute atomic E-state index is 0.240. The Hall–Kier alpha value is -0.870. The predicted molar refractivity (Wildman–Crippen MR) is 73.0 cm³/mol. The third-order valence-electron chi connectivity index (χ3n) is 2.73. The second-order valence-corrected chi connectivity index (χ2v) is 6.60. The number of aryl methyl sites for hydroxylation is 1. The monoisotopic (exact) mass is 270 g/mol. The fourth-order valence-electron chi connectivity index (χ4n) is 1.81. The van der Waals surface area contributed by atoms with Crippen LogP contribution in [0.3, 0.4) is 0 Å². The van der Waals surface area contributed by atoms with Gasteiger partial charge in [0.05, 0.1) is 11.0 Å². The van der Waals surface area contributed by atoms with E-state index in [1.807, 2.05) is 19.9 Å². The van der Waals surface area contributed by atoms with Crippen molar-refractivity contribution in [2.45, 2.75) is 51.5 Å². The molecule has 1 unspecified atom stereocenters. The maximum Gasteiger partial charge on any atom is 0.297 e. The van der Waals surface area contributed by atoms with Gasteiger partial charge in [-0.2, -0.15) is 8.42 Å². The second-order valence-electron chi connectivity index (χ2n) is 5.03. The number of rotatable bonds is 6. The maximum atomic E-state index is 12.1. The van der Waals surface area contributed by atoms with Gasteiger partial charge < -0.3 is 0 Å². The first kappa shape index (κ1) is 15.2. The van der Waals surface area contributed by atoms with Crippen molar-refractivity contribution in [2.75, 3.05) is 0 Å². The molecular formula is C14H22O3S. The normalized spacial score (nSPS) is 13.8. The van der Waals surface area contributed by atoms with Crippen molar-refractivity contribution >= 4 is 10.1 Å². The van der Waals surface area contributed by atoms with Crippen LogP contribution in [-0.4, -0.2) is 14.5 Å². The first-order valence-corrected chi connectivity index (χ1v) is 7.76. The molecule has 1 rings (SSSR count). The van der Waals surface area contributed by atoms with Crippen molar-refractivity contribution in [3.63, 3.8) is 0 Å². The highest BCUT2D eigenvalue weighted by molar-refractivity contribution is 7.86. The summed E-state index contributed by atoms with van der Waals surface area (Å²) in [4.78, 5) is 0.240. The van der Waals surface area contributed by atoms with Gasteiger partial charge in [0.25, 0.3) is 10.1 Å². The van der Waals surface area contributed by atoms with Gasteiger partial charge in [-0.1, -0.05) is 32.9 Å². The zero-order valence-corrected chi connectivity index (χ0v) is 12.3. The van der Waals surface area contributed by atoms with Crippen molar-refractivity contribution in [3.05, 3.63) is 29.8 Å². The lowest BCUT2D eigenvalue weighted by molar-refractivity contribution is 0.177. The largest absolute Gasteiger partial charge is 0.297 e. The summed E-state index contributed by atoms with van der Waals surface area (Å²) in [6.45, 7) is 7.93. The maximum absolute atomic E-state index is 12.1. The van der Waals surface area contributed by atoms with E-state index in [0.29, 0.717) is 12.3 Å². The molecule has 1 atom stereocenters. The summed E-state index contributed by atoms with van der Waals surface area (Å²) in [7, 11) is -3.64. The predicted octanol–water partition coefficient (Wildman–Crippen LogP) is 3.53. The average Bonchev–Trinajstić information content (AvgIpc) is 2.27. The van der Waals surface area contributed by atoms with Crippen LogP contribution in [0.4, 0.5) is 0 Å². The van der Waals surface area contributed by atoms with Crippen LogP contribution in [0, 0.1) is 12.8 Å². The van der Waals surface area contributed by atoms with Gasteiger partial charge in [0.2, 0.25) is 0 Å². The summed E-state index contributed by atoms with van der Waals surface area (Å²) in [6, 6.07) is 6.81. The van der Waals surface area contributed by atoms with Crippen molar-refractivity contribution < 1.29 is 12.6 Å². The Kier molecular flexibility index (Phi) is 5.35. The standard InChI is InChI=1S/C14H22O3S/c1-5-13(9-11(2)3)17-18(15,16)14-8-6-7-12(4)10-14/h6-8,10-11,13H,5,9H2,1-4H3. The molecule has 1 aromatic carbocycles. The van der Waals surface area contributed by atoms with E-state index in [1.54, 1.807) is 18.2 Å². The first-order chi connectivity index (χ1) is 8.35. The molecule has 0 N–H and O–H groups in total. The molecule has 0 radical (unpaired) electrons. The molecule has 0 aliphatic rings. The molecule has 1 aromatic rings. The van der Waals surface area contributed by atoms with Crippen LogP contribution in [0.15, 0.2) is 29.2 Å². The van der Waals surface area contributed by atoms with Gasteiger partial charge in [-0.3, -0.25) is 4.18 Å². The molecule has 0 aliphatic heterocycles. The van der Waals surface area contributed by atoms with E-state index in [9.17, 15) is 8.42 Å². The smallest absolute Gasteiger partial charge is 0.263 e. The van der Waals surface area contributed by atoms with Crippen LogP contribution in [0.2, 0.25) is 0 Å². The molecule has 0 aromatic heterocycles. The Balaban J connectivity index is 2.87. The third-order valence-corrected chi connectivity index (χ3v) is 4.09. The summed E-state index contributed by atoms with van der Waals surface area (Å²) in [5, 5.41) is 0. The molecule has 0 fully saturated rings. The lowest BCUT2D eigenvalue weighted by Gasteiger charge is -2.17. The molecule has 0 aliphatic carbocycles. The van der Waals surface area contributed by atoms with E-state index < -0.39 is 10.1 Å². The SMILES string of the molecule is CCC(CC(C)C)OS(=O)(=O)c1cccc(C)c1. The van der Waals surface area contributed by atoms with E-state index in [-0.39, 0.29) is 11.0 Å². The minimum Gasteiger partial charge on any atom is -0.263 e. The zero-order chi connectivity index (χ0) is 13.8. The molecule has 0 spiro atoms. The third kappa shape index (κ3) is 4.42. The highest BCUT2D eigenvalue weighted by Gasteiger charge is 2.21. The van der Waals surface area contributed by atoms with Gasteiger partial charge >= 0.3 is 0 Å². The van der Waals surface area contributed by atoms with Crippen LogP contribution in [0.5, 0.6) is 0 Å². The summed E-state index contributed by atoms with van der Waals surface area (Å²) in [5.41, 5.74) is 0.914. The average molecular weight is 270 g/mol. The number of benzene rings is 1. The van der Waals surface area contributed by atoms with Gasteiger partial charge in [0, 0.05) is 0 Å². The van der Waals surface area contributed by atoms with E-state index in [0.717, 1.165) is 12.0 Å². The first-order valence-electron chi connectivity index (χ1n) is 6.35. The van der Waals surface area contributed by atoms with Crippen molar-refractivity contribution in [3.8, 4) is 0 Å². The lowest BCUT2D eigenvalue weighted by atomic mass is 10.0. The molecule has 3 nitrogen and oxygen atoms in total. The molecule has 4 heteroatoms. The van der Waals surface area contributed by atoms with Crippen molar-refractivity contribution in [1.82, 2.24) is 0 Å². The molecule has 0 amide bonds. The summed E-state index contributed by atoms with van der Waals surface area (Å²) in [6.07, 6.45) is 1.21. The lowest BCUT2D eigenvalue weighted by Crippen LogP contribution is -2.19. The van der Waals surface area contributed by atoms with E-state index in [4.69, 9.17) is 4.18 Å².